The Kier molecular flexibility index (Phi) is 5.88. The number of nitrogen functional groups attached to an aromatic ring is 1. The number of anilines is 1. The lowest BCUT2D eigenvalue weighted by Crippen LogP contribution is -2.48. The molecule has 0 spiro atoms. The minimum absolute atomic E-state index is 0.0926. The number of aryl methyl sites for hydroxylation is 1. The van der Waals surface area contributed by atoms with E-state index in [1.807, 2.05) is 50.8 Å². The standard InChI is InChI=1S/C18H28N2O3/c1-12(2)22-17-7-5-15(9-16(17)19)6-8-18(21)20-10-13(3)23-14(4)11-20/h5,7,9,12-14H,6,8,10-11,19H2,1-4H3. The Bertz CT molecular complexity index is 535. The van der Waals surface area contributed by atoms with Crippen LogP contribution in [-0.4, -0.2) is 42.2 Å². The largest absolute Gasteiger partial charge is 0.489 e. The lowest BCUT2D eigenvalue weighted by molar-refractivity contribution is -0.143. The maximum atomic E-state index is 12.4. The van der Waals surface area contributed by atoms with Crippen molar-refractivity contribution in [2.75, 3.05) is 18.8 Å². The summed E-state index contributed by atoms with van der Waals surface area (Å²) >= 11 is 0. The molecular weight excluding hydrogens is 292 g/mol. The molecule has 2 N–H and O–H groups in total. The fourth-order valence-electron chi connectivity index (χ4n) is 2.91. The molecule has 1 amide bonds. The van der Waals surface area contributed by atoms with Crippen LogP contribution in [0.4, 0.5) is 5.69 Å². The molecule has 0 aliphatic carbocycles. The van der Waals surface area contributed by atoms with Gasteiger partial charge in [-0.15, -0.1) is 0 Å². The molecule has 0 bridgehead atoms. The van der Waals surface area contributed by atoms with Crippen LogP contribution in [0, 0.1) is 0 Å². The summed E-state index contributed by atoms with van der Waals surface area (Å²) in [6.45, 7) is 9.29. The van der Waals surface area contributed by atoms with E-state index >= 15 is 0 Å². The van der Waals surface area contributed by atoms with E-state index in [0.717, 1.165) is 5.56 Å². The third-order valence-electron chi connectivity index (χ3n) is 3.84. The van der Waals surface area contributed by atoms with E-state index in [-0.39, 0.29) is 24.2 Å². The van der Waals surface area contributed by atoms with E-state index in [4.69, 9.17) is 15.2 Å². The SMILES string of the molecule is CC(C)Oc1ccc(CCC(=O)N2CC(C)OC(C)C2)cc1N. The van der Waals surface area contributed by atoms with Crippen LogP contribution in [0.25, 0.3) is 0 Å². The lowest BCUT2D eigenvalue weighted by Gasteiger charge is -2.35. The van der Waals surface area contributed by atoms with Gasteiger partial charge in [0.2, 0.25) is 5.91 Å². The van der Waals surface area contributed by atoms with Gasteiger partial charge < -0.3 is 20.1 Å². The molecule has 0 saturated carbocycles. The first-order valence-corrected chi connectivity index (χ1v) is 8.33. The van der Waals surface area contributed by atoms with Crippen molar-refractivity contribution in [3.05, 3.63) is 23.8 Å². The quantitative estimate of drug-likeness (QED) is 0.847. The highest BCUT2D eigenvalue weighted by Crippen LogP contribution is 2.24. The van der Waals surface area contributed by atoms with Gasteiger partial charge in [0, 0.05) is 19.5 Å². The van der Waals surface area contributed by atoms with Crippen LogP contribution in [0.2, 0.25) is 0 Å². The van der Waals surface area contributed by atoms with E-state index in [0.29, 0.717) is 37.4 Å². The molecule has 5 heteroatoms. The number of carbonyl (C=O) groups is 1. The molecule has 1 aromatic carbocycles. The zero-order valence-corrected chi connectivity index (χ0v) is 14.5. The Morgan fingerprint density at radius 1 is 1.35 bits per heavy atom. The monoisotopic (exact) mass is 320 g/mol. The minimum atomic E-state index is 0.0926. The highest BCUT2D eigenvalue weighted by Gasteiger charge is 2.25. The molecule has 0 radical (unpaired) electrons. The Morgan fingerprint density at radius 2 is 2.00 bits per heavy atom. The predicted octanol–water partition coefficient (Wildman–Crippen LogP) is 2.62. The summed E-state index contributed by atoms with van der Waals surface area (Å²) in [5, 5.41) is 0. The van der Waals surface area contributed by atoms with Crippen LogP contribution in [0.5, 0.6) is 5.75 Å². The number of carbonyl (C=O) groups excluding carboxylic acids is 1. The van der Waals surface area contributed by atoms with Crippen molar-refractivity contribution in [1.29, 1.82) is 0 Å². The van der Waals surface area contributed by atoms with Crippen LogP contribution < -0.4 is 10.5 Å². The number of nitrogens with zero attached hydrogens (tertiary/aromatic N) is 1. The molecule has 2 atom stereocenters. The molecular formula is C18H28N2O3. The fraction of sp³-hybridized carbons (Fsp3) is 0.611. The molecule has 1 heterocycles. The van der Waals surface area contributed by atoms with Crippen molar-refractivity contribution >= 4 is 11.6 Å². The van der Waals surface area contributed by atoms with Gasteiger partial charge in [-0.25, -0.2) is 0 Å². The summed E-state index contributed by atoms with van der Waals surface area (Å²) in [5.41, 5.74) is 7.70. The Hall–Kier alpha value is -1.75. The van der Waals surface area contributed by atoms with E-state index < -0.39 is 0 Å². The maximum absolute atomic E-state index is 12.4. The van der Waals surface area contributed by atoms with Gasteiger partial charge in [-0.1, -0.05) is 6.07 Å². The van der Waals surface area contributed by atoms with Crippen LogP contribution in [0.3, 0.4) is 0 Å². The molecule has 2 rings (SSSR count). The molecule has 1 fully saturated rings. The summed E-state index contributed by atoms with van der Waals surface area (Å²) in [7, 11) is 0. The average molecular weight is 320 g/mol. The van der Waals surface area contributed by atoms with Crippen molar-refractivity contribution in [2.45, 2.75) is 58.8 Å². The molecule has 1 saturated heterocycles. The zero-order chi connectivity index (χ0) is 17.0. The van der Waals surface area contributed by atoms with E-state index in [2.05, 4.69) is 0 Å². The molecule has 23 heavy (non-hydrogen) atoms. The van der Waals surface area contributed by atoms with Crippen molar-refractivity contribution in [3.63, 3.8) is 0 Å². The van der Waals surface area contributed by atoms with Crippen LogP contribution in [-0.2, 0) is 16.0 Å². The first-order valence-electron chi connectivity index (χ1n) is 8.33. The highest BCUT2D eigenvalue weighted by molar-refractivity contribution is 5.76. The van der Waals surface area contributed by atoms with Gasteiger partial charge in [-0.3, -0.25) is 4.79 Å². The second kappa shape index (κ2) is 7.68. The number of hydrogen-bond donors (Lipinski definition) is 1. The molecule has 2 unspecified atom stereocenters. The van der Waals surface area contributed by atoms with Crippen molar-refractivity contribution in [2.24, 2.45) is 0 Å². The van der Waals surface area contributed by atoms with Gasteiger partial charge in [0.05, 0.1) is 24.0 Å². The van der Waals surface area contributed by atoms with Crippen LogP contribution >= 0.6 is 0 Å². The van der Waals surface area contributed by atoms with Gasteiger partial charge in [0.1, 0.15) is 5.75 Å². The highest BCUT2D eigenvalue weighted by atomic mass is 16.5. The first-order chi connectivity index (χ1) is 10.8. The fourth-order valence-corrected chi connectivity index (χ4v) is 2.91. The normalized spacial score (nSPS) is 21.5. The van der Waals surface area contributed by atoms with Gasteiger partial charge in [0.15, 0.2) is 0 Å². The Labute approximate surface area is 138 Å². The first kappa shape index (κ1) is 17.6. The molecule has 1 aliphatic rings. The number of hydrogen-bond acceptors (Lipinski definition) is 4. The smallest absolute Gasteiger partial charge is 0.223 e. The molecule has 1 aromatic rings. The predicted molar refractivity (Wildman–Crippen MR) is 91.5 cm³/mol. The summed E-state index contributed by atoms with van der Waals surface area (Å²) in [6.07, 6.45) is 1.47. The second-order valence-electron chi connectivity index (χ2n) is 6.59. The third kappa shape index (κ3) is 5.13. The van der Waals surface area contributed by atoms with Gasteiger partial charge in [-0.05, 0) is 51.8 Å². The van der Waals surface area contributed by atoms with Crippen molar-refractivity contribution < 1.29 is 14.3 Å². The van der Waals surface area contributed by atoms with Gasteiger partial charge in [0.25, 0.3) is 0 Å². The maximum Gasteiger partial charge on any atom is 0.223 e. The average Bonchev–Trinajstić information content (AvgIpc) is 2.46. The Morgan fingerprint density at radius 3 is 2.57 bits per heavy atom. The summed E-state index contributed by atoms with van der Waals surface area (Å²) in [4.78, 5) is 14.3. The van der Waals surface area contributed by atoms with Crippen LogP contribution in [0.15, 0.2) is 18.2 Å². The topological polar surface area (TPSA) is 64.8 Å². The minimum Gasteiger partial charge on any atom is -0.489 e. The Balaban J connectivity index is 1.90. The van der Waals surface area contributed by atoms with Crippen LogP contribution in [0.1, 0.15) is 39.7 Å². The molecule has 1 aliphatic heterocycles. The number of rotatable bonds is 5. The van der Waals surface area contributed by atoms with Crippen molar-refractivity contribution in [1.82, 2.24) is 4.90 Å². The second-order valence-corrected chi connectivity index (χ2v) is 6.59. The van der Waals surface area contributed by atoms with Gasteiger partial charge >= 0.3 is 0 Å². The number of morpholine rings is 1. The number of nitrogens with two attached hydrogens (primary N) is 1. The molecule has 128 valence electrons. The van der Waals surface area contributed by atoms with E-state index in [1.54, 1.807) is 0 Å². The summed E-state index contributed by atoms with van der Waals surface area (Å²) in [6, 6.07) is 5.76. The lowest BCUT2D eigenvalue weighted by atomic mass is 10.1. The number of amides is 1. The number of benzene rings is 1. The van der Waals surface area contributed by atoms with E-state index in [1.165, 1.54) is 0 Å². The van der Waals surface area contributed by atoms with Gasteiger partial charge in [-0.2, -0.15) is 0 Å². The third-order valence-corrected chi connectivity index (χ3v) is 3.84. The van der Waals surface area contributed by atoms with Crippen molar-refractivity contribution in [3.8, 4) is 5.75 Å². The van der Waals surface area contributed by atoms with E-state index in [9.17, 15) is 4.79 Å². The zero-order valence-electron chi connectivity index (χ0n) is 14.5. The number of ether oxygens (including phenoxy) is 2. The summed E-state index contributed by atoms with van der Waals surface area (Å²) < 4.78 is 11.3. The summed E-state index contributed by atoms with van der Waals surface area (Å²) in [5.74, 6) is 0.874. The molecule has 5 nitrogen and oxygen atoms in total. The molecule has 0 aromatic heterocycles.